The first-order chi connectivity index (χ1) is 17.1. The number of rotatable bonds is 5. The van der Waals surface area contributed by atoms with Crippen LogP contribution in [0.2, 0.25) is 0 Å². The molecular weight excluding hydrogens is 456 g/mol. The number of carbonyl (C=O) groups is 2. The van der Waals surface area contributed by atoms with E-state index in [-0.39, 0.29) is 18.5 Å². The van der Waals surface area contributed by atoms with Crippen LogP contribution in [0.25, 0.3) is 11.0 Å². The lowest BCUT2D eigenvalue weighted by atomic mass is 9.77. The van der Waals surface area contributed by atoms with Crippen molar-refractivity contribution in [2.24, 2.45) is 0 Å². The zero-order chi connectivity index (χ0) is 25.7. The molecule has 0 radical (unpaired) electrons. The van der Waals surface area contributed by atoms with Gasteiger partial charge in [-0.3, -0.25) is 9.69 Å². The van der Waals surface area contributed by atoms with Gasteiger partial charge in [-0.1, -0.05) is 18.2 Å². The summed E-state index contributed by atoms with van der Waals surface area (Å²) in [6, 6.07) is 10.3. The maximum Gasteiger partial charge on any atom is 0.411 e. The number of ketones is 1. The molecule has 2 aliphatic rings. The van der Waals surface area contributed by atoms with Crippen molar-refractivity contribution >= 4 is 22.9 Å². The van der Waals surface area contributed by atoms with Gasteiger partial charge in [0.25, 0.3) is 0 Å². The molecule has 1 unspecified atom stereocenters. The number of aromatic amines is 1. The number of nitrogens with zero attached hydrogens (tertiary/aromatic N) is 2. The van der Waals surface area contributed by atoms with Crippen LogP contribution in [0.1, 0.15) is 72.0 Å². The third kappa shape index (κ3) is 4.08. The number of likely N-dealkylation sites (tertiary alicyclic amines) is 1. The van der Waals surface area contributed by atoms with Crippen molar-refractivity contribution in [1.82, 2.24) is 20.2 Å². The third-order valence-corrected chi connectivity index (χ3v) is 7.15. The number of methoxy groups -OCH3 is 1. The van der Waals surface area contributed by atoms with Crippen LogP contribution in [0.15, 0.2) is 30.3 Å². The molecule has 2 N–H and O–H groups in total. The molecule has 1 atom stereocenters. The quantitative estimate of drug-likeness (QED) is 0.509. The summed E-state index contributed by atoms with van der Waals surface area (Å²) in [5, 5.41) is 4.30. The van der Waals surface area contributed by atoms with Gasteiger partial charge < -0.3 is 19.8 Å². The van der Waals surface area contributed by atoms with E-state index in [1.54, 1.807) is 0 Å². The summed E-state index contributed by atoms with van der Waals surface area (Å²) in [5.41, 5.74) is 5.15. The van der Waals surface area contributed by atoms with E-state index in [1.807, 2.05) is 38.7 Å². The first kappa shape index (κ1) is 24.5. The molecule has 2 aliphatic heterocycles. The van der Waals surface area contributed by atoms with Crippen molar-refractivity contribution in [2.45, 2.75) is 64.8 Å². The molecule has 1 saturated heterocycles. The van der Waals surface area contributed by atoms with E-state index in [2.05, 4.69) is 34.6 Å². The predicted octanol–water partition coefficient (Wildman–Crippen LogP) is 4.58. The van der Waals surface area contributed by atoms with Gasteiger partial charge in [-0.05, 0) is 69.4 Å². The Kier molecular flexibility index (Phi) is 6.12. The number of aromatic nitrogens is 2. The Bertz CT molecular complexity index is 1340. The Hall–Kier alpha value is -3.23. The molecule has 36 heavy (non-hydrogen) atoms. The SMILES string of the molecule is COCC(=O)c1cc2cc(C3(c4cccc5c4CNC5)CCCN3C(=O)OC(C)(C)C)c(C)nc2[nH]1. The number of hydrogen-bond donors (Lipinski definition) is 2. The number of aryl methyl sites for hydroxylation is 1. The topological polar surface area (TPSA) is 96.6 Å². The lowest BCUT2D eigenvalue weighted by Gasteiger charge is -2.41. The van der Waals surface area contributed by atoms with Crippen LogP contribution in [0.3, 0.4) is 0 Å². The molecule has 5 rings (SSSR count). The Morgan fingerprint density at radius 2 is 1.97 bits per heavy atom. The number of fused-ring (bicyclic) bond motifs is 2. The number of amides is 1. The fraction of sp³-hybridized carbons (Fsp3) is 0.464. The second-order valence-electron chi connectivity index (χ2n) is 10.7. The molecule has 1 amide bonds. The summed E-state index contributed by atoms with van der Waals surface area (Å²) in [7, 11) is 1.50. The lowest BCUT2D eigenvalue weighted by Crippen LogP contribution is -2.48. The highest BCUT2D eigenvalue weighted by atomic mass is 16.6. The summed E-state index contributed by atoms with van der Waals surface area (Å²) in [5.74, 6) is -0.132. The van der Waals surface area contributed by atoms with E-state index in [1.165, 1.54) is 18.2 Å². The van der Waals surface area contributed by atoms with E-state index in [0.29, 0.717) is 17.9 Å². The summed E-state index contributed by atoms with van der Waals surface area (Å²) >= 11 is 0. The van der Waals surface area contributed by atoms with Gasteiger partial charge in [-0.15, -0.1) is 0 Å². The van der Waals surface area contributed by atoms with E-state index in [0.717, 1.165) is 48.1 Å². The number of nitrogens with one attached hydrogen (secondary N) is 2. The fourth-order valence-electron chi connectivity index (χ4n) is 5.73. The van der Waals surface area contributed by atoms with Gasteiger partial charge in [-0.25, -0.2) is 9.78 Å². The molecule has 8 heteroatoms. The van der Waals surface area contributed by atoms with Gasteiger partial charge in [0.1, 0.15) is 17.9 Å². The molecule has 0 aliphatic carbocycles. The summed E-state index contributed by atoms with van der Waals surface area (Å²) in [6.07, 6.45) is 1.28. The Morgan fingerprint density at radius 1 is 1.17 bits per heavy atom. The van der Waals surface area contributed by atoms with Crippen molar-refractivity contribution in [3.63, 3.8) is 0 Å². The standard InChI is InChI=1S/C28H34N4O4/c1-17-22(12-19-13-23(24(33)16-35-5)31-25(19)30-17)28(21-9-6-8-18-14-29-15-20(18)21)10-7-11-32(28)26(34)36-27(2,3)4/h6,8-9,12-13,29H,7,10-11,14-16H2,1-5H3,(H,30,31). The Balaban J connectivity index is 1.72. The van der Waals surface area contributed by atoms with Crippen molar-refractivity contribution in [2.75, 3.05) is 20.3 Å². The maximum absolute atomic E-state index is 13.7. The molecular formula is C28H34N4O4. The maximum atomic E-state index is 13.7. The number of benzene rings is 1. The van der Waals surface area contributed by atoms with Gasteiger partial charge in [0.05, 0.1) is 11.2 Å². The summed E-state index contributed by atoms with van der Waals surface area (Å²) in [6.45, 7) is 9.81. The second kappa shape index (κ2) is 9.01. The van der Waals surface area contributed by atoms with Crippen molar-refractivity contribution < 1.29 is 19.1 Å². The fourth-order valence-corrected chi connectivity index (χ4v) is 5.73. The van der Waals surface area contributed by atoms with Crippen molar-refractivity contribution in [1.29, 1.82) is 0 Å². The van der Waals surface area contributed by atoms with Gasteiger partial charge >= 0.3 is 6.09 Å². The van der Waals surface area contributed by atoms with E-state index in [4.69, 9.17) is 14.5 Å². The summed E-state index contributed by atoms with van der Waals surface area (Å²) in [4.78, 5) is 36.0. The molecule has 0 saturated carbocycles. The third-order valence-electron chi connectivity index (χ3n) is 7.15. The van der Waals surface area contributed by atoms with Crippen LogP contribution >= 0.6 is 0 Å². The van der Waals surface area contributed by atoms with Crippen LogP contribution < -0.4 is 5.32 Å². The highest BCUT2D eigenvalue weighted by molar-refractivity contribution is 5.99. The van der Waals surface area contributed by atoms with Crippen LogP contribution in [0.4, 0.5) is 4.79 Å². The monoisotopic (exact) mass is 490 g/mol. The van der Waals surface area contributed by atoms with Crippen LogP contribution in [0, 0.1) is 6.92 Å². The van der Waals surface area contributed by atoms with Crippen molar-refractivity contribution in [3.05, 3.63) is 64.0 Å². The highest BCUT2D eigenvalue weighted by Gasteiger charge is 2.50. The van der Waals surface area contributed by atoms with E-state index >= 15 is 0 Å². The molecule has 0 bridgehead atoms. The van der Waals surface area contributed by atoms with E-state index in [9.17, 15) is 9.59 Å². The normalized spacial score (nSPS) is 19.6. The zero-order valence-electron chi connectivity index (χ0n) is 21.7. The molecule has 2 aromatic heterocycles. The molecule has 4 heterocycles. The number of carbonyl (C=O) groups excluding carboxylic acids is 2. The number of hydrogen-bond acceptors (Lipinski definition) is 6. The molecule has 1 aromatic carbocycles. The summed E-state index contributed by atoms with van der Waals surface area (Å²) < 4.78 is 10.9. The molecule has 8 nitrogen and oxygen atoms in total. The largest absolute Gasteiger partial charge is 0.444 e. The smallest absolute Gasteiger partial charge is 0.411 e. The lowest BCUT2D eigenvalue weighted by molar-refractivity contribution is 0.0129. The molecule has 1 fully saturated rings. The van der Waals surface area contributed by atoms with Gasteiger partial charge in [-0.2, -0.15) is 0 Å². The number of Topliss-reactive ketones (excluding diaryl/α,β-unsaturated/α-hetero) is 1. The number of pyridine rings is 1. The van der Waals surface area contributed by atoms with Gasteiger partial charge in [0.15, 0.2) is 0 Å². The van der Waals surface area contributed by atoms with Crippen molar-refractivity contribution in [3.8, 4) is 0 Å². The van der Waals surface area contributed by atoms with Crippen LogP contribution in [-0.2, 0) is 28.1 Å². The van der Waals surface area contributed by atoms with Gasteiger partial charge in [0, 0.05) is 43.4 Å². The highest BCUT2D eigenvalue weighted by Crippen LogP contribution is 2.48. The first-order valence-electron chi connectivity index (χ1n) is 12.5. The molecule has 190 valence electrons. The average Bonchev–Trinajstić information content (AvgIpc) is 3.55. The van der Waals surface area contributed by atoms with Crippen LogP contribution in [0.5, 0.6) is 0 Å². The minimum absolute atomic E-state index is 0.00181. The molecule has 3 aromatic rings. The molecule has 0 spiro atoms. The minimum Gasteiger partial charge on any atom is -0.444 e. The Labute approximate surface area is 211 Å². The number of ether oxygens (including phenoxy) is 2. The van der Waals surface area contributed by atoms with Crippen LogP contribution in [-0.4, -0.2) is 52.6 Å². The van der Waals surface area contributed by atoms with E-state index < -0.39 is 11.1 Å². The minimum atomic E-state index is -0.723. The first-order valence-corrected chi connectivity index (χ1v) is 12.5. The predicted molar refractivity (Wildman–Crippen MR) is 137 cm³/mol. The number of H-pyrrole nitrogens is 1. The Morgan fingerprint density at radius 3 is 2.72 bits per heavy atom. The second-order valence-corrected chi connectivity index (χ2v) is 10.7. The van der Waals surface area contributed by atoms with Gasteiger partial charge in [0.2, 0.25) is 5.78 Å². The average molecular weight is 491 g/mol. The zero-order valence-corrected chi connectivity index (χ0v) is 21.7.